The third-order valence-corrected chi connectivity index (χ3v) is 2.89. The topological polar surface area (TPSA) is 95.9 Å². The van der Waals surface area contributed by atoms with E-state index in [9.17, 15) is 14.4 Å². The van der Waals surface area contributed by atoms with Crippen LogP contribution in [0.4, 0.5) is 0 Å². The highest BCUT2D eigenvalue weighted by atomic mass is 16.5. The zero-order valence-corrected chi connectivity index (χ0v) is 12.7. The Kier molecular flexibility index (Phi) is 6.88. The number of likely N-dealkylation sites (N-methyl/N-ethyl adjacent to an activating group) is 1. The van der Waals surface area contributed by atoms with Gasteiger partial charge in [0.15, 0.2) is 0 Å². The maximum Gasteiger partial charge on any atom is 0.323 e. The Morgan fingerprint density at radius 2 is 1.82 bits per heavy atom. The quantitative estimate of drug-likeness (QED) is 0.739. The summed E-state index contributed by atoms with van der Waals surface area (Å²) in [7, 11) is 0. The number of benzene rings is 1. The van der Waals surface area contributed by atoms with Crippen molar-refractivity contribution in [3.8, 4) is 5.75 Å². The highest BCUT2D eigenvalue weighted by Gasteiger charge is 2.16. The smallest absolute Gasteiger partial charge is 0.323 e. The molecule has 1 aromatic rings. The largest absolute Gasteiger partial charge is 0.494 e. The molecular formula is C15H20N2O5. The summed E-state index contributed by atoms with van der Waals surface area (Å²) in [5.74, 6) is -1.27. The van der Waals surface area contributed by atoms with Crippen molar-refractivity contribution in [1.82, 2.24) is 10.2 Å². The molecule has 0 spiro atoms. The molecule has 0 saturated heterocycles. The number of amides is 2. The average Bonchev–Trinajstić information content (AvgIpc) is 2.50. The van der Waals surface area contributed by atoms with Crippen LogP contribution in [-0.4, -0.2) is 54.0 Å². The number of carbonyl (C=O) groups excluding carboxylic acids is 2. The number of ether oxygens (including phenoxy) is 1. The number of carboxylic acid groups (broad SMARTS) is 1. The Hall–Kier alpha value is -2.57. The van der Waals surface area contributed by atoms with Crippen LogP contribution in [0.2, 0.25) is 0 Å². The minimum atomic E-state index is -1.09. The second-order valence-electron chi connectivity index (χ2n) is 4.44. The number of rotatable bonds is 8. The zero-order chi connectivity index (χ0) is 16.5. The molecule has 0 aromatic heterocycles. The summed E-state index contributed by atoms with van der Waals surface area (Å²) in [6, 6.07) is 6.53. The first-order valence-electron chi connectivity index (χ1n) is 6.98. The maximum atomic E-state index is 11.9. The van der Waals surface area contributed by atoms with Crippen LogP contribution in [0.15, 0.2) is 24.3 Å². The minimum Gasteiger partial charge on any atom is -0.494 e. The van der Waals surface area contributed by atoms with Crippen molar-refractivity contribution in [2.24, 2.45) is 0 Å². The highest BCUT2D eigenvalue weighted by Crippen LogP contribution is 2.11. The first kappa shape index (κ1) is 17.5. The van der Waals surface area contributed by atoms with Gasteiger partial charge in [-0.15, -0.1) is 0 Å². The zero-order valence-electron chi connectivity index (χ0n) is 12.7. The Labute approximate surface area is 128 Å². The molecule has 0 radical (unpaired) electrons. The van der Waals surface area contributed by atoms with E-state index in [0.717, 1.165) is 4.90 Å². The van der Waals surface area contributed by atoms with Crippen LogP contribution >= 0.6 is 0 Å². The minimum absolute atomic E-state index is 0.243. The lowest BCUT2D eigenvalue weighted by Crippen LogP contribution is -2.42. The summed E-state index contributed by atoms with van der Waals surface area (Å²) in [6.07, 6.45) is 0. The second-order valence-corrected chi connectivity index (χ2v) is 4.44. The number of hydrogen-bond acceptors (Lipinski definition) is 4. The lowest BCUT2D eigenvalue weighted by Gasteiger charge is -2.18. The molecule has 0 saturated carbocycles. The summed E-state index contributed by atoms with van der Waals surface area (Å²) in [4.78, 5) is 35.5. The van der Waals surface area contributed by atoms with E-state index in [1.54, 1.807) is 31.2 Å². The fourth-order valence-corrected chi connectivity index (χ4v) is 1.78. The van der Waals surface area contributed by atoms with E-state index in [1.807, 2.05) is 6.92 Å². The Morgan fingerprint density at radius 1 is 1.18 bits per heavy atom. The van der Waals surface area contributed by atoms with Crippen molar-refractivity contribution >= 4 is 17.8 Å². The normalized spacial score (nSPS) is 9.91. The summed E-state index contributed by atoms with van der Waals surface area (Å²) < 4.78 is 5.27. The number of carboxylic acids is 1. The average molecular weight is 308 g/mol. The monoisotopic (exact) mass is 308 g/mol. The van der Waals surface area contributed by atoms with Crippen LogP contribution in [0.1, 0.15) is 24.2 Å². The van der Waals surface area contributed by atoms with E-state index in [2.05, 4.69) is 5.32 Å². The van der Waals surface area contributed by atoms with Gasteiger partial charge in [0.1, 0.15) is 12.3 Å². The third kappa shape index (κ3) is 5.43. The molecule has 1 aromatic carbocycles. The summed E-state index contributed by atoms with van der Waals surface area (Å²) in [5, 5.41) is 11.2. The van der Waals surface area contributed by atoms with Crippen LogP contribution in [-0.2, 0) is 9.59 Å². The number of carbonyl (C=O) groups is 3. The molecule has 120 valence electrons. The van der Waals surface area contributed by atoms with Gasteiger partial charge in [-0.25, -0.2) is 0 Å². The fourth-order valence-electron chi connectivity index (χ4n) is 1.78. The molecule has 0 heterocycles. The molecule has 0 aliphatic heterocycles. The molecule has 0 aliphatic rings. The SMILES string of the molecule is CCOc1ccc(C(=O)NCC(=O)N(CC)CC(=O)O)cc1. The van der Waals surface area contributed by atoms with Crippen LogP contribution in [0.25, 0.3) is 0 Å². The first-order chi connectivity index (χ1) is 10.5. The predicted molar refractivity (Wildman–Crippen MR) is 79.8 cm³/mol. The van der Waals surface area contributed by atoms with Gasteiger partial charge in [-0.1, -0.05) is 0 Å². The lowest BCUT2D eigenvalue weighted by atomic mass is 10.2. The van der Waals surface area contributed by atoms with Crippen LogP contribution in [0, 0.1) is 0 Å². The van der Waals surface area contributed by atoms with E-state index in [4.69, 9.17) is 9.84 Å². The standard InChI is InChI=1S/C15H20N2O5/c1-3-17(10-14(19)20)13(18)9-16-15(21)11-5-7-12(8-6-11)22-4-2/h5-8H,3-4,9-10H2,1-2H3,(H,16,21)(H,19,20). The maximum absolute atomic E-state index is 11.9. The molecule has 1 rings (SSSR count). The first-order valence-corrected chi connectivity index (χ1v) is 6.98. The molecule has 22 heavy (non-hydrogen) atoms. The Balaban J connectivity index is 2.54. The van der Waals surface area contributed by atoms with Crippen molar-refractivity contribution in [3.05, 3.63) is 29.8 Å². The summed E-state index contributed by atoms with van der Waals surface area (Å²) in [5.41, 5.74) is 0.400. The molecule has 2 amide bonds. The van der Waals surface area contributed by atoms with Gasteiger partial charge >= 0.3 is 5.97 Å². The molecule has 0 atom stereocenters. The van der Waals surface area contributed by atoms with Gasteiger partial charge in [-0.2, -0.15) is 0 Å². The van der Waals surface area contributed by atoms with Crippen molar-refractivity contribution in [1.29, 1.82) is 0 Å². The van der Waals surface area contributed by atoms with Gasteiger partial charge < -0.3 is 20.1 Å². The van der Waals surface area contributed by atoms with Crippen molar-refractivity contribution in [2.75, 3.05) is 26.2 Å². The van der Waals surface area contributed by atoms with Crippen molar-refractivity contribution in [3.63, 3.8) is 0 Å². The molecule has 0 unspecified atom stereocenters. The number of nitrogens with zero attached hydrogens (tertiary/aromatic N) is 1. The molecule has 7 nitrogen and oxygen atoms in total. The van der Waals surface area contributed by atoms with Crippen LogP contribution in [0.5, 0.6) is 5.75 Å². The molecule has 0 fully saturated rings. The van der Waals surface area contributed by atoms with E-state index >= 15 is 0 Å². The van der Waals surface area contributed by atoms with Gasteiger partial charge in [-0.05, 0) is 38.1 Å². The van der Waals surface area contributed by atoms with E-state index in [0.29, 0.717) is 17.9 Å². The van der Waals surface area contributed by atoms with E-state index in [1.165, 1.54) is 0 Å². The highest BCUT2D eigenvalue weighted by molar-refractivity contribution is 5.96. The second kappa shape index (κ2) is 8.66. The van der Waals surface area contributed by atoms with Crippen molar-refractivity contribution in [2.45, 2.75) is 13.8 Å². The van der Waals surface area contributed by atoms with Gasteiger partial charge in [0.05, 0.1) is 13.2 Å². The molecular weight excluding hydrogens is 288 g/mol. The number of nitrogens with one attached hydrogen (secondary N) is 1. The molecule has 7 heteroatoms. The number of aliphatic carboxylic acids is 1. The van der Waals surface area contributed by atoms with Gasteiger partial charge in [-0.3, -0.25) is 14.4 Å². The van der Waals surface area contributed by atoms with Crippen LogP contribution in [0.3, 0.4) is 0 Å². The Morgan fingerprint density at radius 3 is 2.32 bits per heavy atom. The summed E-state index contributed by atoms with van der Waals surface area (Å²) >= 11 is 0. The fraction of sp³-hybridized carbons (Fsp3) is 0.400. The summed E-state index contributed by atoms with van der Waals surface area (Å²) in [6.45, 7) is 3.72. The Bertz CT molecular complexity index is 527. The molecule has 2 N–H and O–H groups in total. The third-order valence-electron chi connectivity index (χ3n) is 2.89. The van der Waals surface area contributed by atoms with Crippen LogP contribution < -0.4 is 10.1 Å². The van der Waals surface area contributed by atoms with E-state index < -0.39 is 17.8 Å². The predicted octanol–water partition coefficient (Wildman–Crippen LogP) is 0.748. The van der Waals surface area contributed by atoms with E-state index in [-0.39, 0.29) is 19.6 Å². The molecule has 0 bridgehead atoms. The van der Waals surface area contributed by atoms with Gasteiger partial charge in [0, 0.05) is 12.1 Å². The van der Waals surface area contributed by atoms with Crippen molar-refractivity contribution < 1.29 is 24.2 Å². The van der Waals surface area contributed by atoms with Gasteiger partial charge in [0.2, 0.25) is 5.91 Å². The molecule has 0 aliphatic carbocycles. The number of hydrogen-bond donors (Lipinski definition) is 2. The lowest BCUT2D eigenvalue weighted by molar-refractivity contribution is -0.143. The van der Waals surface area contributed by atoms with Gasteiger partial charge in [0.25, 0.3) is 5.91 Å².